The molecule has 0 aliphatic carbocycles. The van der Waals surface area contributed by atoms with Crippen molar-refractivity contribution >= 4 is 17.3 Å². The average molecular weight is 342 g/mol. The first-order chi connectivity index (χ1) is 12.1. The second-order valence-corrected chi connectivity index (χ2v) is 6.72. The van der Waals surface area contributed by atoms with E-state index in [0.717, 1.165) is 25.9 Å². The lowest BCUT2D eigenvalue weighted by Gasteiger charge is -2.30. The Kier molecular flexibility index (Phi) is 5.06. The van der Waals surface area contributed by atoms with Crippen molar-refractivity contribution in [3.8, 4) is 0 Å². The maximum atomic E-state index is 13.0. The summed E-state index contributed by atoms with van der Waals surface area (Å²) in [7, 11) is 0. The van der Waals surface area contributed by atoms with Crippen LogP contribution in [0.25, 0.3) is 5.52 Å². The number of nitrogens with zero attached hydrogens (tertiary/aromatic N) is 4. The number of carbonyl (C=O) groups excluding carboxylic acids is 2. The highest BCUT2D eigenvalue weighted by molar-refractivity contribution is 6.02. The Labute approximate surface area is 148 Å². The summed E-state index contributed by atoms with van der Waals surface area (Å²) >= 11 is 0. The van der Waals surface area contributed by atoms with Gasteiger partial charge in [0.1, 0.15) is 0 Å². The molecule has 1 atom stereocenters. The molecule has 6 nitrogen and oxygen atoms in total. The number of imidazole rings is 1. The highest BCUT2D eigenvalue weighted by Gasteiger charge is 2.28. The van der Waals surface area contributed by atoms with Crippen molar-refractivity contribution in [3.05, 3.63) is 35.9 Å². The Morgan fingerprint density at radius 2 is 2.04 bits per heavy atom. The third kappa shape index (κ3) is 3.25. The van der Waals surface area contributed by atoms with Gasteiger partial charge in [0.05, 0.1) is 5.52 Å². The zero-order chi connectivity index (χ0) is 18.0. The molecule has 25 heavy (non-hydrogen) atoms. The predicted molar refractivity (Wildman–Crippen MR) is 96.7 cm³/mol. The second-order valence-electron chi connectivity index (χ2n) is 6.72. The van der Waals surface area contributed by atoms with E-state index in [1.54, 1.807) is 15.5 Å². The van der Waals surface area contributed by atoms with Crippen LogP contribution in [0.2, 0.25) is 0 Å². The average Bonchev–Trinajstić information content (AvgIpc) is 3.01. The summed E-state index contributed by atoms with van der Waals surface area (Å²) in [4.78, 5) is 33.9. The Morgan fingerprint density at radius 3 is 2.72 bits per heavy atom. The number of pyridine rings is 1. The third-order valence-electron chi connectivity index (χ3n) is 4.94. The molecular formula is C19H26N4O2. The molecule has 1 saturated heterocycles. The summed E-state index contributed by atoms with van der Waals surface area (Å²) in [6.07, 6.45) is 3.97. The first kappa shape index (κ1) is 17.5. The van der Waals surface area contributed by atoms with Crippen LogP contribution >= 0.6 is 0 Å². The maximum Gasteiger partial charge on any atom is 0.290 e. The number of hydrogen-bond acceptors (Lipinski definition) is 3. The summed E-state index contributed by atoms with van der Waals surface area (Å²) in [5.74, 6) is 0.599. The minimum absolute atomic E-state index is 0.0751. The van der Waals surface area contributed by atoms with Crippen LogP contribution in [0.5, 0.6) is 0 Å². The van der Waals surface area contributed by atoms with Crippen LogP contribution < -0.4 is 0 Å². The summed E-state index contributed by atoms with van der Waals surface area (Å²) in [6, 6.07) is 5.58. The highest BCUT2D eigenvalue weighted by Crippen LogP contribution is 2.21. The summed E-state index contributed by atoms with van der Waals surface area (Å²) < 4.78 is 1.74. The fourth-order valence-electron chi connectivity index (χ4n) is 3.52. The summed E-state index contributed by atoms with van der Waals surface area (Å²) in [6.45, 7) is 8.79. The second kappa shape index (κ2) is 7.25. The van der Waals surface area contributed by atoms with Crippen molar-refractivity contribution in [3.63, 3.8) is 0 Å². The van der Waals surface area contributed by atoms with Gasteiger partial charge in [-0.05, 0) is 44.7 Å². The number of fused-ring (bicyclic) bond motifs is 1. The number of carbonyl (C=O) groups is 2. The fraction of sp³-hybridized carbons (Fsp3) is 0.526. The molecule has 1 fully saturated rings. The molecule has 6 heteroatoms. The van der Waals surface area contributed by atoms with E-state index in [4.69, 9.17) is 0 Å². The van der Waals surface area contributed by atoms with Gasteiger partial charge < -0.3 is 9.80 Å². The number of piperidine rings is 1. The van der Waals surface area contributed by atoms with Crippen LogP contribution in [0.4, 0.5) is 0 Å². The molecule has 3 heterocycles. The zero-order valence-corrected chi connectivity index (χ0v) is 15.2. The van der Waals surface area contributed by atoms with Crippen LogP contribution in [0.15, 0.2) is 24.4 Å². The maximum absolute atomic E-state index is 13.0. The van der Waals surface area contributed by atoms with Crippen molar-refractivity contribution in [2.75, 3.05) is 26.2 Å². The quantitative estimate of drug-likeness (QED) is 0.858. The van der Waals surface area contributed by atoms with Crippen molar-refractivity contribution < 1.29 is 9.59 Å². The number of likely N-dealkylation sites (tertiary alicyclic amines) is 1. The molecule has 2 amide bonds. The monoisotopic (exact) mass is 342 g/mol. The van der Waals surface area contributed by atoms with Crippen LogP contribution in [-0.4, -0.2) is 57.2 Å². The lowest BCUT2D eigenvalue weighted by molar-refractivity contribution is 0.0679. The smallest absolute Gasteiger partial charge is 0.290 e. The molecular weight excluding hydrogens is 316 g/mol. The number of hydrogen-bond donors (Lipinski definition) is 0. The number of aromatic nitrogens is 2. The van der Waals surface area contributed by atoms with Gasteiger partial charge in [-0.1, -0.05) is 13.0 Å². The highest BCUT2D eigenvalue weighted by atomic mass is 16.2. The number of rotatable bonds is 4. The van der Waals surface area contributed by atoms with Gasteiger partial charge in [0, 0.05) is 32.4 Å². The van der Waals surface area contributed by atoms with E-state index in [1.807, 2.05) is 36.9 Å². The molecule has 134 valence electrons. The van der Waals surface area contributed by atoms with E-state index in [9.17, 15) is 9.59 Å². The fourth-order valence-corrected chi connectivity index (χ4v) is 3.52. The molecule has 1 aliphatic rings. The van der Waals surface area contributed by atoms with Gasteiger partial charge in [-0.25, -0.2) is 4.98 Å². The molecule has 0 spiro atoms. The lowest BCUT2D eigenvalue weighted by Crippen LogP contribution is -2.39. The molecule has 1 aliphatic heterocycles. The van der Waals surface area contributed by atoms with E-state index in [-0.39, 0.29) is 11.8 Å². The van der Waals surface area contributed by atoms with Crippen molar-refractivity contribution in [2.45, 2.75) is 33.6 Å². The van der Waals surface area contributed by atoms with Gasteiger partial charge in [-0.3, -0.25) is 14.0 Å². The Morgan fingerprint density at radius 1 is 1.28 bits per heavy atom. The van der Waals surface area contributed by atoms with Gasteiger partial charge in [-0.2, -0.15) is 0 Å². The van der Waals surface area contributed by atoms with Crippen LogP contribution in [0.3, 0.4) is 0 Å². The lowest BCUT2D eigenvalue weighted by atomic mass is 10.00. The van der Waals surface area contributed by atoms with Crippen molar-refractivity contribution in [1.82, 2.24) is 19.2 Å². The summed E-state index contributed by atoms with van der Waals surface area (Å²) in [5, 5.41) is 0. The zero-order valence-electron chi connectivity index (χ0n) is 15.2. The SMILES string of the molecule is CCN(CC)C(=O)c1nc(C(=O)N2CCCC(C)C2)c2ccccn12. The molecule has 3 rings (SSSR count). The van der Waals surface area contributed by atoms with E-state index in [2.05, 4.69) is 11.9 Å². The molecule has 0 aromatic carbocycles. The van der Waals surface area contributed by atoms with Crippen molar-refractivity contribution in [1.29, 1.82) is 0 Å². The first-order valence-electron chi connectivity index (χ1n) is 9.12. The molecule has 0 saturated carbocycles. The molecule has 2 aromatic heterocycles. The van der Waals surface area contributed by atoms with Gasteiger partial charge in [0.15, 0.2) is 5.69 Å². The molecule has 0 N–H and O–H groups in total. The minimum Gasteiger partial charge on any atom is -0.337 e. The van der Waals surface area contributed by atoms with E-state index < -0.39 is 0 Å². The molecule has 2 aromatic rings. The summed E-state index contributed by atoms with van der Waals surface area (Å²) in [5.41, 5.74) is 1.08. The van der Waals surface area contributed by atoms with E-state index in [1.165, 1.54) is 0 Å². The first-order valence-corrected chi connectivity index (χ1v) is 9.12. The van der Waals surface area contributed by atoms with Crippen LogP contribution in [-0.2, 0) is 0 Å². The Bertz CT molecular complexity index is 779. The standard InChI is InChI=1S/C19H26N4O2/c1-4-21(5-2)19(25)17-20-16(15-10-6-7-12-23(15)17)18(24)22-11-8-9-14(3)13-22/h6-7,10,12,14H,4-5,8-9,11,13H2,1-3H3. The largest absolute Gasteiger partial charge is 0.337 e. The van der Waals surface area contributed by atoms with E-state index >= 15 is 0 Å². The third-order valence-corrected chi connectivity index (χ3v) is 4.94. The van der Waals surface area contributed by atoms with Crippen LogP contribution in [0.1, 0.15) is 54.7 Å². The topological polar surface area (TPSA) is 57.9 Å². The molecule has 0 bridgehead atoms. The van der Waals surface area contributed by atoms with Crippen LogP contribution in [0, 0.1) is 5.92 Å². The molecule has 1 unspecified atom stereocenters. The van der Waals surface area contributed by atoms with Gasteiger partial charge in [-0.15, -0.1) is 0 Å². The number of amides is 2. The predicted octanol–water partition coefficient (Wildman–Crippen LogP) is 2.69. The molecule has 0 radical (unpaired) electrons. The normalized spacial score (nSPS) is 17.7. The van der Waals surface area contributed by atoms with E-state index in [0.29, 0.717) is 36.0 Å². The van der Waals surface area contributed by atoms with Gasteiger partial charge in [0.25, 0.3) is 11.8 Å². The van der Waals surface area contributed by atoms with Gasteiger partial charge in [0.2, 0.25) is 5.82 Å². The van der Waals surface area contributed by atoms with Gasteiger partial charge >= 0.3 is 0 Å². The Hall–Kier alpha value is -2.37. The minimum atomic E-state index is -0.141. The Balaban J connectivity index is 2.02. The van der Waals surface area contributed by atoms with Crippen molar-refractivity contribution in [2.24, 2.45) is 5.92 Å².